The largest absolute Gasteiger partial charge is 0.393 e. The van der Waals surface area contributed by atoms with Gasteiger partial charge in [-0.15, -0.1) is 0 Å². The molecule has 4 N–H and O–H groups in total. The van der Waals surface area contributed by atoms with Gasteiger partial charge in [-0.05, 0) is 12.1 Å². The zero-order chi connectivity index (χ0) is 14.2. The average Bonchev–Trinajstić information content (AvgIpc) is 2.68. The topological polar surface area (TPSA) is 130 Å². The molecule has 1 aromatic rings. The van der Waals surface area contributed by atoms with Gasteiger partial charge in [-0.2, -0.15) is 0 Å². The first kappa shape index (κ1) is 13.2. The Kier molecular flexibility index (Phi) is 3.36. The molecule has 1 fully saturated rings. The second-order valence-electron chi connectivity index (χ2n) is 4.35. The first-order valence-corrected chi connectivity index (χ1v) is 5.60. The van der Waals surface area contributed by atoms with E-state index < -0.39 is 28.7 Å². The fourth-order valence-electron chi connectivity index (χ4n) is 2.04. The number of hydrogen-bond donors (Lipinski definition) is 3. The lowest BCUT2D eigenvalue weighted by Gasteiger charge is -2.15. The van der Waals surface area contributed by atoms with E-state index in [0.29, 0.717) is 0 Å². The number of carbonyl (C=O) groups excluding carboxylic acids is 1. The van der Waals surface area contributed by atoms with Crippen LogP contribution in [0.3, 0.4) is 0 Å². The number of nitro benzene ring substituents is 1. The number of nitrogens with zero attached hydrogens (tertiary/aromatic N) is 2. The summed E-state index contributed by atoms with van der Waals surface area (Å²) >= 11 is 0. The number of β-amino-alcohol motifs (C(OH)–C–C–N with tert-alkyl or cyclic N) is 2. The summed E-state index contributed by atoms with van der Waals surface area (Å²) in [5, 5.41) is 29.7. The maximum absolute atomic E-state index is 12.2. The highest BCUT2D eigenvalue weighted by Crippen LogP contribution is 2.28. The predicted octanol–water partition coefficient (Wildman–Crippen LogP) is -0.645. The number of para-hydroxylation sites is 1. The lowest BCUT2D eigenvalue weighted by Crippen LogP contribution is -2.30. The summed E-state index contributed by atoms with van der Waals surface area (Å²) in [5.41, 5.74) is 4.80. The molecule has 19 heavy (non-hydrogen) atoms. The zero-order valence-corrected chi connectivity index (χ0v) is 9.89. The molecule has 0 radical (unpaired) electrons. The van der Waals surface area contributed by atoms with Gasteiger partial charge in [0, 0.05) is 13.1 Å². The number of benzene rings is 1. The number of aliphatic hydroxyl groups is 2. The van der Waals surface area contributed by atoms with Crippen LogP contribution in [-0.4, -0.2) is 51.2 Å². The Balaban J connectivity index is 2.35. The molecule has 0 aromatic heterocycles. The fraction of sp³-hybridized carbons (Fsp3) is 0.364. The van der Waals surface area contributed by atoms with Gasteiger partial charge in [0.1, 0.15) is 11.3 Å². The molecule has 8 heteroatoms. The van der Waals surface area contributed by atoms with E-state index >= 15 is 0 Å². The second-order valence-corrected chi connectivity index (χ2v) is 4.35. The van der Waals surface area contributed by atoms with E-state index in [0.717, 1.165) is 4.90 Å². The maximum atomic E-state index is 12.2. The van der Waals surface area contributed by atoms with Crippen molar-refractivity contribution in [3.05, 3.63) is 33.9 Å². The number of nitrogen functional groups attached to an aromatic ring is 1. The molecule has 0 saturated carbocycles. The van der Waals surface area contributed by atoms with Crippen LogP contribution in [0.2, 0.25) is 0 Å². The molecule has 1 aromatic carbocycles. The number of nitrogens with two attached hydrogens (primary N) is 1. The summed E-state index contributed by atoms with van der Waals surface area (Å²) in [4.78, 5) is 23.6. The van der Waals surface area contributed by atoms with Crippen molar-refractivity contribution in [1.82, 2.24) is 4.90 Å². The molecule has 0 aliphatic carbocycles. The van der Waals surface area contributed by atoms with Gasteiger partial charge in [-0.1, -0.05) is 6.07 Å². The summed E-state index contributed by atoms with van der Waals surface area (Å²) in [6.07, 6.45) is -2.08. The molecule has 1 heterocycles. The predicted molar refractivity (Wildman–Crippen MR) is 65.4 cm³/mol. The van der Waals surface area contributed by atoms with Gasteiger partial charge in [0.25, 0.3) is 5.91 Å². The number of hydrogen-bond acceptors (Lipinski definition) is 6. The highest BCUT2D eigenvalue weighted by Gasteiger charge is 2.35. The SMILES string of the molecule is Nc1cccc(C(=O)N2CC(O)C(O)C2)c1[N+](=O)[O-]. The van der Waals surface area contributed by atoms with Crippen molar-refractivity contribution >= 4 is 17.3 Å². The van der Waals surface area contributed by atoms with Crippen LogP contribution < -0.4 is 5.73 Å². The minimum Gasteiger partial charge on any atom is -0.393 e. The number of anilines is 1. The Bertz CT molecular complexity index is 523. The Labute approximate surface area is 108 Å². The van der Waals surface area contributed by atoms with Crippen LogP contribution >= 0.6 is 0 Å². The third-order valence-electron chi connectivity index (χ3n) is 3.03. The van der Waals surface area contributed by atoms with Crippen LogP contribution in [-0.2, 0) is 0 Å². The molecule has 2 unspecified atom stereocenters. The molecule has 0 bridgehead atoms. The number of likely N-dealkylation sites (tertiary alicyclic amines) is 1. The number of nitro groups is 1. The van der Waals surface area contributed by atoms with Crippen LogP contribution in [0.1, 0.15) is 10.4 Å². The van der Waals surface area contributed by atoms with Gasteiger partial charge in [0.15, 0.2) is 0 Å². The molecule has 2 atom stereocenters. The molecular formula is C11H13N3O5. The van der Waals surface area contributed by atoms with Gasteiger partial charge in [0.05, 0.1) is 17.1 Å². The van der Waals surface area contributed by atoms with Crippen LogP contribution in [0.25, 0.3) is 0 Å². The van der Waals surface area contributed by atoms with Gasteiger partial charge in [-0.25, -0.2) is 0 Å². The first-order valence-electron chi connectivity index (χ1n) is 5.60. The van der Waals surface area contributed by atoms with E-state index in [1.165, 1.54) is 18.2 Å². The van der Waals surface area contributed by atoms with Crippen molar-refractivity contribution < 1.29 is 19.9 Å². The second kappa shape index (κ2) is 4.82. The number of aliphatic hydroxyl groups excluding tert-OH is 2. The molecule has 1 aliphatic rings. The van der Waals surface area contributed by atoms with E-state index in [2.05, 4.69) is 0 Å². The normalized spacial score (nSPS) is 22.5. The highest BCUT2D eigenvalue weighted by molar-refractivity contribution is 6.00. The van der Waals surface area contributed by atoms with E-state index in [4.69, 9.17) is 5.73 Å². The van der Waals surface area contributed by atoms with E-state index in [-0.39, 0.29) is 24.3 Å². The monoisotopic (exact) mass is 267 g/mol. The quantitative estimate of drug-likeness (QED) is 0.371. The minimum atomic E-state index is -1.04. The molecule has 1 saturated heterocycles. The van der Waals surface area contributed by atoms with Gasteiger partial charge >= 0.3 is 5.69 Å². The van der Waals surface area contributed by atoms with Crippen LogP contribution in [0, 0.1) is 10.1 Å². The van der Waals surface area contributed by atoms with Crippen molar-refractivity contribution in [3.8, 4) is 0 Å². The smallest absolute Gasteiger partial charge is 0.304 e. The van der Waals surface area contributed by atoms with Crippen molar-refractivity contribution in [2.45, 2.75) is 12.2 Å². The third kappa shape index (κ3) is 2.35. The summed E-state index contributed by atoms with van der Waals surface area (Å²) < 4.78 is 0. The first-order chi connectivity index (χ1) is 8.91. The zero-order valence-electron chi connectivity index (χ0n) is 9.89. The summed E-state index contributed by atoms with van der Waals surface area (Å²) in [7, 11) is 0. The summed E-state index contributed by atoms with van der Waals surface area (Å²) in [6.45, 7) is -0.127. The third-order valence-corrected chi connectivity index (χ3v) is 3.03. The summed E-state index contributed by atoms with van der Waals surface area (Å²) in [6, 6.07) is 4.08. The van der Waals surface area contributed by atoms with E-state index in [9.17, 15) is 25.1 Å². The van der Waals surface area contributed by atoms with E-state index in [1.807, 2.05) is 0 Å². The molecule has 1 amide bonds. The lowest BCUT2D eigenvalue weighted by molar-refractivity contribution is -0.384. The van der Waals surface area contributed by atoms with Crippen molar-refractivity contribution in [1.29, 1.82) is 0 Å². The van der Waals surface area contributed by atoms with Crippen molar-refractivity contribution in [2.24, 2.45) is 0 Å². The lowest BCUT2D eigenvalue weighted by atomic mass is 10.1. The Hall–Kier alpha value is -2.19. The maximum Gasteiger partial charge on any atom is 0.304 e. The Morgan fingerprint density at radius 1 is 1.37 bits per heavy atom. The molecular weight excluding hydrogens is 254 g/mol. The molecule has 1 aliphatic heterocycles. The van der Waals surface area contributed by atoms with Crippen LogP contribution in [0.4, 0.5) is 11.4 Å². The van der Waals surface area contributed by atoms with Crippen molar-refractivity contribution in [2.75, 3.05) is 18.8 Å². The molecule has 102 valence electrons. The van der Waals surface area contributed by atoms with Crippen LogP contribution in [0.5, 0.6) is 0 Å². The molecule has 0 spiro atoms. The van der Waals surface area contributed by atoms with Gasteiger partial charge in [0.2, 0.25) is 0 Å². The fourth-order valence-corrected chi connectivity index (χ4v) is 2.04. The van der Waals surface area contributed by atoms with Gasteiger partial charge < -0.3 is 20.8 Å². The van der Waals surface area contributed by atoms with Crippen LogP contribution in [0.15, 0.2) is 18.2 Å². The number of amides is 1. The number of carbonyl (C=O) groups is 1. The standard InChI is InChI=1S/C11H13N3O5/c12-7-3-1-2-6(10(7)14(18)19)11(17)13-4-8(15)9(16)5-13/h1-3,8-9,15-16H,4-5,12H2. The molecule has 8 nitrogen and oxygen atoms in total. The highest BCUT2D eigenvalue weighted by atomic mass is 16.6. The summed E-state index contributed by atoms with van der Waals surface area (Å²) in [5.74, 6) is -0.630. The average molecular weight is 267 g/mol. The van der Waals surface area contributed by atoms with Gasteiger partial charge in [-0.3, -0.25) is 14.9 Å². The Morgan fingerprint density at radius 3 is 2.47 bits per heavy atom. The van der Waals surface area contributed by atoms with Crippen molar-refractivity contribution in [3.63, 3.8) is 0 Å². The van der Waals surface area contributed by atoms with E-state index in [1.54, 1.807) is 0 Å². The number of rotatable bonds is 2. The minimum absolute atomic E-state index is 0.0635. The Morgan fingerprint density at radius 2 is 1.95 bits per heavy atom. The molecule has 2 rings (SSSR count).